The fraction of sp³-hybridized carbons (Fsp3) is 0.417. The second kappa shape index (κ2) is 7.32. The Kier molecular flexibility index (Phi) is 5.70. The molecule has 6 nitrogen and oxygen atoms in total. The minimum Gasteiger partial charge on any atom is -0.465 e. The van der Waals surface area contributed by atoms with Crippen molar-refractivity contribution in [2.45, 2.75) is 12.5 Å². The van der Waals surface area contributed by atoms with Gasteiger partial charge in [-0.1, -0.05) is 17.2 Å². The van der Waals surface area contributed by atoms with E-state index in [-0.39, 0.29) is 6.04 Å². The van der Waals surface area contributed by atoms with Crippen molar-refractivity contribution in [1.29, 1.82) is 0 Å². The molecule has 0 heterocycles. The van der Waals surface area contributed by atoms with Crippen molar-refractivity contribution in [3.8, 4) is 0 Å². The lowest BCUT2D eigenvalue weighted by molar-refractivity contribution is 0.0600. The molecule has 0 spiro atoms. The number of nitrogens with zero attached hydrogens (tertiary/aromatic N) is 3. The fourth-order valence-electron chi connectivity index (χ4n) is 1.57. The van der Waals surface area contributed by atoms with E-state index in [1.54, 1.807) is 31.4 Å². The maximum absolute atomic E-state index is 11.4. The third-order valence-corrected chi connectivity index (χ3v) is 2.48. The first-order valence-corrected chi connectivity index (χ1v) is 5.44. The van der Waals surface area contributed by atoms with Crippen LogP contribution in [-0.2, 0) is 9.47 Å². The largest absolute Gasteiger partial charge is 0.465 e. The number of azide groups is 1. The molecule has 0 aliphatic heterocycles. The van der Waals surface area contributed by atoms with Gasteiger partial charge in [0, 0.05) is 18.6 Å². The SMILES string of the molecule is COCC[C@@H](N=[N+]=[N-])c1cccc(C(=O)OC)c1. The number of hydrogen-bond donors (Lipinski definition) is 0. The number of carbonyl (C=O) groups excluding carboxylic acids is 1. The van der Waals surface area contributed by atoms with Gasteiger partial charge in [0.1, 0.15) is 0 Å². The molecule has 18 heavy (non-hydrogen) atoms. The summed E-state index contributed by atoms with van der Waals surface area (Å²) in [5.41, 5.74) is 9.75. The molecule has 0 fully saturated rings. The van der Waals surface area contributed by atoms with E-state index in [1.165, 1.54) is 7.11 Å². The zero-order valence-electron chi connectivity index (χ0n) is 10.4. The van der Waals surface area contributed by atoms with Gasteiger partial charge in [-0.05, 0) is 29.6 Å². The quantitative estimate of drug-likeness (QED) is 0.336. The molecule has 1 aromatic carbocycles. The van der Waals surface area contributed by atoms with Gasteiger partial charge in [-0.15, -0.1) is 0 Å². The first-order chi connectivity index (χ1) is 8.72. The maximum Gasteiger partial charge on any atom is 0.337 e. The van der Waals surface area contributed by atoms with Crippen molar-refractivity contribution in [2.24, 2.45) is 5.11 Å². The minimum absolute atomic E-state index is 0.348. The Labute approximate surface area is 105 Å². The molecule has 0 radical (unpaired) electrons. The van der Waals surface area contributed by atoms with E-state index in [0.29, 0.717) is 18.6 Å². The summed E-state index contributed by atoms with van der Waals surface area (Å²) in [5.74, 6) is -0.414. The van der Waals surface area contributed by atoms with Crippen molar-refractivity contribution < 1.29 is 14.3 Å². The highest BCUT2D eigenvalue weighted by Crippen LogP contribution is 2.22. The van der Waals surface area contributed by atoms with Crippen LogP contribution in [0.2, 0.25) is 0 Å². The van der Waals surface area contributed by atoms with Crippen molar-refractivity contribution in [2.75, 3.05) is 20.8 Å². The summed E-state index contributed by atoms with van der Waals surface area (Å²) in [7, 11) is 2.91. The molecule has 1 rings (SSSR count). The highest BCUT2D eigenvalue weighted by atomic mass is 16.5. The first kappa shape index (κ1) is 14.0. The Bertz CT molecular complexity index is 456. The Hall–Kier alpha value is -2.04. The van der Waals surface area contributed by atoms with Crippen LogP contribution in [0, 0.1) is 0 Å². The van der Waals surface area contributed by atoms with E-state index in [1.807, 2.05) is 0 Å². The van der Waals surface area contributed by atoms with Gasteiger partial charge in [0.25, 0.3) is 0 Å². The molecule has 0 amide bonds. The Morgan fingerprint density at radius 1 is 1.50 bits per heavy atom. The molecular weight excluding hydrogens is 234 g/mol. The van der Waals surface area contributed by atoms with E-state index < -0.39 is 5.97 Å². The van der Waals surface area contributed by atoms with Gasteiger partial charge >= 0.3 is 5.97 Å². The standard InChI is InChI=1S/C12H15N3O3/c1-17-7-6-11(14-15-13)9-4-3-5-10(8-9)12(16)18-2/h3-5,8,11H,6-7H2,1-2H3/t11-/m1/s1. The van der Waals surface area contributed by atoms with Crippen LogP contribution in [0.25, 0.3) is 10.4 Å². The Morgan fingerprint density at radius 2 is 2.28 bits per heavy atom. The van der Waals surface area contributed by atoms with Crippen LogP contribution in [0.1, 0.15) is 28.4 Å². The normalized spacial score (nSPS) is 11.4. The smallest absolute Gasteiger partial charge is 0.337 e. The van der Waals surface area contributed by atoms with Gasteiger partial charge in [0.15, 0.2) is 0 Å². The number of hydrogen-bond acceptors (Lipinski definition) is 4. The summed E-state index contributed by atoms with van der Waals surface area (Å²) in [4.78, 5) is 14.2. The van der Waals surface area contributed by atoms with Gasteiger partial charge in [0.05, 0.1) is 18.7 Å². The Balaban J connectivity index is 2.97. The number of benzene rings is 1. The first-order valence-electron chi connectivity index (χ1n) is 5.44. The average Bonchev–Trinajstić information content (AvgIpc) is 2.42. The maximum atomic E-state index is 11.4. The van der Waals surface area contributed by atoms with Crippen LogP contribution in [0.5, 0.6) is 0 Å². The monoisotopic (exact) mass is 249 g/mol. The van der Waals surface area contributed by atoms with Gasteiger partial charge < -0.3 is 9.47 Å². The van der Waals surface area contributed by atoms with E-state index in [4.69, 9.17) is 10.3 Å². The van der Waals surface area contributed by atoms with Crippen LogP contribution in [0.3, 0.4) is 0 Å². The molecule has 96 valence electrons. The molecule has 0 bridgehead atoms. The van der Waals surface area contributed by atoms with Gasteiger partial charge in [-0.3, -0.25) is 0 Å². The lowest BCUT2D eigenvalue weighted by Gasteiger charge is -2.11. The van der Waals surface area contributed by atoms with Crippen LogP contribution in [-0.4, -0.2) is 26.8 Å². The number of ether oxygens (including phenoxy) is 2. The molecular formula is C12H15N3O3. The van der Waals surface area contributed by atoms with Crippen LogP contribution >= 0.6 is 0 Å². The van der Waals surface area contributed by atoms with Gasteiger partial charge in [0.2, 0.25) is 0 Å². The highest BCUT2D eigenvalue weighted by molar-refractivity contribution is 5.89. The summed E-state index contributed by atoms with van der Waals surface area (Å²) < 4.78 is 9.61. The number of rotatable bonds is 6. The van der Waals surface area contributed by atoms with Crippen molar-refractivity contribution in [3.63, 3.8) is 0 Å². The molecule has 0 saturated heterocycles. The van der Waals surface area contributed by atoms with Gasteiger partial charge in [-0.2, -0.15) is 0 Å². The second-order valence-electron chi connectivity index (χ2n) is 3.62. The minimum atomic E-state index is -0.414. The van der Waals surface area contributed by atoms with E-state index in [2.05, 4.69) is 14.8 Å². The average molecular weight is 249 g/mol. The zero-order valence-corrected chi connectivity index (χ0v) is 10.4. The molecule has 0 saturated carbocycles. The summed E-state index contributed by atoms with van der Waals surface area (Å²) in [5, 5.41) is 3.71. The van der Waals surface area contributed by atoms with Crippen molar-refractivity contribution in [1.82, 2.24) is 0 Å². The number of methoxy groups -OCH3 is 2. The topological polar surface area (TPSA) is 84.3 Å². The lowest BCUT2D eigenvalue weighted by atomic mass is 10.0. The molecule has 0 aliphatic carbocycles. The third-order valence-electron chi connectivity index (χ3n) is 2.48. The third kappa shape index (κ3) is 3.76. The predicted octanol–water partition coefficient (Wildman–Crippen LogP) is 2.86. The molecule has 0 N–H and O–H groups in total. The summed E-state index contributed by atoms with van der Waals surface area (Å²) >= 11 is 0. The highest BCUT2D eigenvalue weighted by Gasteiger charge is 2.12. The van der Waals surface area contributed by atoms with E-state index >= 15 is 0 Å². The van der Waals surface area contributed by atoms with Gasteiger partial charge in [-0.25, -0.2) is 4.79 Å². The molecule has 0 aromatic heterocycles. The van der Waals surface area contributed by atoms with E-state index in [9.17, 15) is 4.79 Å². The molecule has 1 atom stereocenters. The summed E-state index contributed by atoms with van der Waals surface area (Å²) in [6.07, 6.45) is 0.561. The predicted molar refractivity (Wildman–Crippen MR) is 66.2 cm³/mol. The zero-order chi connectivity index (χ0) is 13.4. The molecule has 0 unspecified atom stereocenters. The lowest BCUT2D eigenvalue weighted by Crippen LogP contribution is -2.04. The summed E-state index contributed by atoms with van der Waals surface area (Å²) in [6, 6.07) is 6.51. The van der Waals surface area contributed by atoms with Crippen molar-refractivity contribution in [3.05, 3.63) is 45.8 Å². The van der Waals surface area contributed by atoms with Crippen LogP contribution in [0.4, 0.5) is 0 Å². The molecule has 1 aromatic rings. The molecule has 6 heteroatoms. The summed E-state index contributed by atoms with van der Waals surface area (Å²) in [6.45, 7) is 0.478. The van der Waals surface area contributed by atoms with Crippen molar-refractivity contribution >= 4 is 5.97 Å². The number of carbonyl (C=O) groups is 1. The number of esters is 1. The van der Waals surface area contributed by atoms with Crippen LogP contribution in [0.15, 0.2) is 29.4 Å². The Morgan fingerprint density at radius 3 is 2.89 bits per heavy atom. The fourth-order valence-corrected chi connectivity index (χ4v) is 1.57. The molecule has 0 aliphatic rings. The van der Waals surface area contributed by atoms with E-state index in [0.717, 1.165) is 5.56 Å². The van der Waals surface area contributed by atoms with Crippen LogP contribution < -0.4 is 0 Å². The second-order valence-corrected chi connectivity index (χ2v) is 3.62.